The summed E-state index contributed by atoms with van der Waals surface area (Å²) >= 11 is 0. The number of hydrogen-bond acceptors (Lipinski definition) is 2. The van der Waals surface area contributed by atoms with E-state index in [2.05, 4.69) is 6.92 Å². The summed E-state index contributed by atoms with van der Waals surface area (Å²) in [5, 5.41) is 19.2. The minimum absolute atomic E-state index is 0.0281. The molecule has 0 heterocycles. The number of carboxylic acid groups (broad SMARTS) is 1. The van der Waals surface area contributed by atoms with Gasteiger partial charge in [0.15, 0.2) is 0 Å². The lowest BCUT2D eigenvalue weighted by Crippen LogP contribution is -2.63. The van der Waals surface area contributed by atoms with Crippen LogP contribution in [-0.4, -0.2) is 34.4 Å². The summed E-state index contributed by atoms with van der Waals surface area (Å²) in [7, 11) is 0. The highest BCUT2D eigenvalue weighted by molar-refractivity contribution is 5.67. The van der Waals surface area contributed by atoms with E-state index in [0.717, 1.165) is 12.8 Å². The van der Waals surface area contributed by atoms with Gasteiger partial charge in [-0.2, -0.15) is 0 Å². The summed E-state index contributed by atoms with van der Waals surface area (Å²) in [6.07, 6.45) is 0.864. The molecular formula is C23H35F3O3. The highest BCUT2D eigenvalue weighted by atomic mass is 19.3. The Bertz CT molecular complexity index is 670. The van der Waals surface area contributed by atoms with Crippen LogP contribution in [0.5, 0.6) is 0 Å². The second-order valence-corrected chi connectivity index (χ2v) is 11.2. The first-order chi connectivity index (χ1) is 13.4. The number of rotatable bonds is 3. The van der Waals surface area contributed by atoms with Crippen molar-refractivity contribution >= 4 is 5.97 Å². The molecule has 4 rings (SSSR count). The fourth-order valence-electron chi connectivity index (χ4n) is 8.53. The second-order valence-electron chi connectivity index (χ2n) is 11.2. The largest absolute Gasteiger partial charge is 0.481 e. The minimum atomic E-state index is -2.94. The Morgan fingerprint density at radius 3 is 2.31 bits per heavy atom. The van der Waals surface area contributed by atoms with E-state index in [9.17, 15) is 19.4 Å². The standard InChI is InChI=1S/C23H35F3O3/c1-12(10-18(28)29)13-4-5-14-19-15(6-8-21(13,14)2)22(3)9-7-17(27)20(24)16(22)11-23(19,25)26/h12-17,19-20,27H,4-11H2,1-3H3,(H,28,29)/t12-,13-,14?,15?,16-,17-,19?,20-,21-,22-/m1/s1. The number of aliphatic carboxylic acids is 1. The van der Waals surface area contributed by atoms with Gasteiger partial charge in [0.25, 0.3) is 5.92 Å². The molecule has 0 amide bonds. The molecule has 3 nitrogen and oxygen atoms in total. The third-order valence-electron chi connectivity index (χ3n) is 9.93. The van der Waals surface area contributed by atoms with Crippen LogP contribution in [0.4, 0.5) is 13.2 Å². The van der Waals surface area contributed by atoms with Gasteiger partial charge in [0.1, 0.15) is 6.17 Å². The quantitative estimate of drug-likeness (QED) is 0.655. The van der Waals surface area contributed by atoms with Crippen molar-refractivity contribution in [1.82, 2.24) is 0 Å². The molecule has 3 unspecified atom stereocenters. The van der Waals surface area contributed by atoms with E-state index in [0.29, 0.717) is 25.7 Å². The molecule has 29 heavy (non-hydrogen) atoms. The Labute approximate surface area is 171 Å². The molecule has 0 saturated heterocycles. The number of halogens is 3. The minimum Gasteiger partial charge on any atom is -0.481 e. The summed E-state index contributed by atoms with van der Waals surface area (Å²) in [4.78, 5) is 11.2. The van der Waals surface area contributed by atoms with E-state index in [1.165, 1.54) is 0 Å². The lowest BCUT2D eigenvalue weighted by molar-refractivity contribution is -0.250. The smallest absolute Gasteiger partial charge is 0.303 e. The van der Waals surface area contributed by atoms with Crippen LogP contribution < -0.4 is 0 Å². The van der Waals surface area contributed by atoms with E-state index in [-0.39, 0.29) is 35.5 Å². The SMILES string of the molecule is C[C@H](CC(=O)O)[C@H]1CCC2C3C(CC[C@@]21C)[C@@]1(C)CC[C@@H](O)[C@H](F)[C@H]1CC3(F)F. The highest BCUT2D eigenvalue weighted by Crippen LogP contribution is 2.71. The molecule has 4 aliphatic carbocycles. The maximum absolute atomic E-state index is 15.6. The normalized spacial score (nSPS) is 52.2. The van der Waals surface area contributed by atoms with Crippen LogP contribution in [0.25, 0.3) is 0 Å². The second kappa shape index (κ2) is 6.86. The van der Waals surface area contributed by atoms with Gasteiger partial charge in [0.2, 0.25) is 0 Å². The first kappa shape index (κ1) is 21.5. The molecule has 4 aliphatic rings. The highest BCUT2D eigenvalue weighted by Gasteiger charge is 2.69. The van der Waals surface area contributed by atoms with E-state index >= 15 is 8.78 Å². The van der Waals surface area contributed by atoms with Crippen molar-refractivity contribution in [2.45, 2.75) is 90.3 Å². The first-order valence-corrected chi connectivity index (χ1v) is 11.3. The fourth-order valence-corrected chi connectivity index (χ4v) is 8.53. The van der Waals surface area contributed by atoms with E-state index in [1.807, 2.05) is 13.8 Å². The zero-order chi connectivity index (χ0) is 21.4. The number of aliphatic hydroxyl groups is 1. The summed E-state index contributed by atoms with van der Waals surface area (Å²) < 4.78 is 46.0. The molecular weight excluding hydrogens is 381 g/mol. The lowest BCUT2D eigenvalue weighted by atomic mass is 9.43. The van der Waals surface area contributed by atoms with Crippen molar-refractivity contribution in [3.63, 3.8) is 0 Å². The fraction of sp³-hybridized carbons (Fsp3) is 0.957. The van der Waals surface area contributed by atoms with E-state index in [4.69, 9.17) is 0 Å². The number of carbonyl (C=O) groups is 1. The van der Waals surface area contributed by atoms with Gasteiger partial charge in [-0.05, 0) is 73.0 Å². The molecule has 0 aliphatic heterocycles. The van der Waals surface area contributed by atoms with E-state index in [1.54, 1.807) is 0 Å². The van der Waals surface area contributed by atoms with Crippen molar-refractivity contribution < 1.29 is 28.2 Å². The monoisotopic (exact) mass is 416 g/mol. The molecule has 6 heteroatoms. The van der Waals surface area contributed by atoms with Gasteiger partial charge in [-0.3, -0.25) is 4.79 Å². The van der Waals surface area contributed by atoms with Gasteiger partial charge in [-0.1, -0.05) is 20.8 Å². The van der Waals surface area contributed by atoms with Crippen LogP contribution >= 0.6 is 0 Å². The Kier molecular flexibility index (Phi) is 5.08. The van der Waals surface area contributed by atoms with Gasteiger partial charge in [0, 0.05) is 24.7 Å². The Morgan fingerprint density at radius 1 is 1.03 bits per heavy atom. The summed E-state index contributed by atoms with van der Waals surface area (Å²) in [5.41, 5.74) is -0.761. The number of carboxylic acids is 1. The molecule has 2 N–H and O–H groups in total. The lowest BCUT2D eigenvalue weighted by Gasteiger charge is -2.63. The average molecular weight is 417 g/mol. The van der Waals surface area contributed by atoms with E-state index < -0.39 is 47.8 Å². The molecule has 0 aromatic rings. The average Bonchev–Trinajstić information content (AvgIpc) is 2.97. The molecule has 0 spiro atoms. The maximum Gasteiger partial charge on any atom is 0.303 e. The van der Waals surface area contributed by atoms with Gasteiger partial charge in [-0.25, -0.2) is 13.2 Å². The van der Waals surface area contributed by atoms with Crippen LogP contribution in [-0.2, 0) is 4.79 Å². The zero-order valence-corrected chi connectivity index (χ0v) is 17.7. The Morgan fingerprint density at radius 2 is 1.66 bits per heavy atom. The zero-order valence-electron chi connectivity index (χ0n) is 17.7. The van der Waals surface area contributed by atoms with Crippen molar-refractivity contribution in [3.8, 4) is 0 Å². The van der Waals surface area contributed by atoms with Gasteiger partial charge >= 0.3 is 5.97 Å². The van der Waals surface area contributed by atoms with Crippen molar-refractivity contribution in [1.29, 1.82) is 0 Å². The molecule has 0 aromatic heterocycles. The van der Waals surface area contributed by atoms with Crippen LogP contribution in [0.1, 0.15) is 72.1 Å². The summed E-state index contributed by atoms with van der Waals surface area (Å²) in [6.45, 7) is 6.05. The number of aliphatic hydroxyl groups excluding tert-OH is 1. The predicted molar refractivity (Wildman–Crippen MR) is 103 cm³/mol. The van der Waals surface area contributed by atoms with Crippen LogP contribution in [0.3, 0.4) is 0 Å². The Hall–Kier alpha value is -0.780. The van der Waals surface area contributed by atoms with Crippen LogP contribution in [0, 0.1) is 46.3 Å². The molecule has 166 valence electrons. The van der Waals surface area contributed by atoms with Gasteiger partial charge in [-0.15, -0.1) is 0 Å². The maximum atomic E-state index is 15.6. The first-order valence-electron chi connectivity index (χ1n) is 11.3. The molecule has 0 radical (unpaired) electrons. The third kappa shape index (κ3) is 3.06. The summed E-state index contributed by atoms with van der Waals surface area (Å²) in [5.74, 6) is -5.55. The predicted octanol–water partition coefficient (Wildman–Crippen LogP) is 5.31. The van der Waals surface area contributed by atoms with Gasteiger partial charge < -0.3 is 10.2 Å². The number of alkyl halides is 3. The molecule has 4 saturated carbocycles. The molecule has 0 bridgehead atoms. The van der Waals surface area contributed by atoms with Crippen molar-refractivity contribution in [3.05, 3.63) is 0 Å². The van der Waals surface area contributed by atoms with Gasteiger partial charge in [0.05, 0.1) is 6.10 Å². The molecule has 10 atom stereocenters. The Balaban J connectivity index is 1.66. The molecule has 0 aromatic carbocycles. The third-order valence-corrected chi connectivity index (χ3v) is 9.93. The topological polar surface area (TPSA) is 57.5 Å². The van der Waals surface area contributed by atoms with Crippen LogP contribution in [0.15, 0.2) is 0 Å². The molecule has 4 fully saturated rings. The van der Waals surface area contributed by atoms with Crippen molar-refractivity contribution in [2.24, 2.45) is 46.3 Å². The number of hydrogen-bond donors (Lipinski definition) is 2. The van der Waals surface area contributed by atoms with Crippen LogP contribution in [0.2, 0.25) is 0 Å². The number of fused-ring (bicyclic) bond motifs is 5. The van der Waals surface area contributed by atoms with Crippen molar-refractivity contribution in [2.75, 3.05) is 0 Å². The summed E-state index contributed by atoms with van der Waals surface area (Å²) in [6, 6.07) is 0.